The van der Waals surface area contributed by atoms with Crippen LogP contribution in [0.5, 0.6) is 0 Å². The first-order valence-electron chi connectivity index (χ1n) is 5.74. The van der Waals surface area contributed by atoms with Crippen molar-refractivity contribution in [3.63, 3.8) is 0 Å². The van der Waals surface area contributed by atoms with E-state index in [1.807, 2.05) is 6.20 Å². The van der Waals surface area contributed by atoms with Crippen LogP contribution in [0.2, 0.25) is 0 Å². The Labute approximate surface area is 98.3 Å². The van der Waals surface area contributed by atoms with Crippen LogP contribution < -0.4 is 11.1 Å². The van der Waals surface area contributed by atoms with Gasteiger partial charge in [-0.1, -0.05) is 0 Å². The molecule has 2 atom stereocenters. The van der Waals surface area contributed by atoms with Crippen molar-refractivity contribution in [2.45, 2.75) is 24.9 Å². The molecule has 0 spiro atoms. The quantitative estimate of drug-likeness (QED) is 0.599. The van der Waals surface area contributed by atoms with Gasteiger partial charge in [-0.3, -0.25) is 0 Å². The van der Waals surface area contributed by atoms with E-state index in [0.717, 1.165) is 29.4 Å². The predicted octanol–water partition coefficient (Wildman–Crippen LogP) is 0.325. The van der Waals surface area contributed by atoms with Crippen LogP contribution in [0.25, 0.3) is 11.0 Å². The number of nitrogens with one attached hydrogen (secondary N) is 2. The number of aromatic amines is 1. The minimum Gasteiger partial charge on any atom is -0.395 e. The van der Waals surface area contributed by atoms with Crippen LogP contribution in [0.1, 0.15) is 24.4 Å². The summed E-state index contributed by atoms with van der Waals surface area (Å²) in [6.45, 7) is 0.177. The molecule has 1 fully saturated rings. The van der Waals surface area contributed by atoms with Crippen molar-refractivity contribution in [1.82, 2.24) is 20.3 Å². The van der Waals surface area contributed by atoms with Gasteiger partial charge in [0.25, 0.3) is 0 Å². The Morgan fingerprint density at radius 1 is 1.41 bits per heavy atom. The highest BCUT2D eigenvalue weighted by Gasteiger charge is 2.26. The molecule has 6 nitrogen and oxygen atoms in total. The molecule has 3 rings (SSSR count). The number of aliphatic hydroxyl groups excluding tert-OH is 1. The lowest BCUT2D eigenvalue weighted by Gasteiger charge is -2.11. The number of fused-ring (bicyclic) bond motifs is 1. The van der Waals surface area contributed by atoms with Crippen LogP contribution in [-0.4, -0.2) is 32.7 Å². The Balaban J connectivity index is 1.99. The molecular formula is C11H15N5O. The Hall–Kier alpha value is -1.66. The minimum absolute atomic E-state index is 0.177. The molecule has 2 aromatic rings. The van der Waals surface area contributed by atoms with Gasteiger partial charge in [-0.15, -0.1) is 0 Å². The van der Waals surface area contributed by atoms with Gasteiger partial charge in [0.05, 0.1) is 12.1 Å². The van der Waals surface area contributed by atoms with Gasteiger partial charge in [-0.25, -0.2) is 9.97 Å². The van der Waals surface area contributed by atoms with E-state index in [2.05, 4.69) is 20.3 Å². The fourth-order valence-electron chi connectivity index (χ4n) is 2.45. The first-order valence-corrected chi connectivity index (χ1v) is 5.74. The standard InChI is InChI=1S/C11H15N5O/c12-11-10-9(14-5-15-11)7(3-13-10)8-2-1-6(4-17)16-8/h3,5-6,8,13,16-17H,1-2,4H2,(H2,12,14,15). The van der Waals surface area contributed by atoms with Crippen LogP contribution in [0.4, 0.5) is 5.82 Å². The van der Waals surface area contributed by atoms with E-state index in [9.17, 15) is 0 Å². The van der Waals surface area contributed by atoms with Crippen LogP contribution in [0.15, 0.2) is 12.5 Å². The molecule has 1 saturated heterocycles. The van der Waals surface area contributed by atoms with Gasteiger partial charge >= 0.3 is 0 Å². The maximum atomic E-state index is 9.12. The lowest BCUT2D eigenvalue weighted by atomic mass is 10.1. The van der Waals surface area contributed by atoms with Crippen molar-refractivity contribution < 1.29 is 5.11 Å². The third-order valence-corrected chi connectivity index (χ3v) is 3.36. The highest BCUT2D eigenvalue weighted by atomic mass is 16.3. The third kappa shape index (κ3) is 1.65. The fourth-order valence-corrected chi connectivity index (χ4v) is 2.45. The second-order valence-electron chi connectivity index (χ2n) is 4.40. The summed E-state index contributed by atoms with van der Waals surface area (Å²) in [5, 5.41) is 12.5. The number of hydrogen-bond acceptors (Lipinski definition) is 5. The van der Waals surface area contributed by atoms with Gasteiger partial charge in [0.2, 0.25) is 0 Å². The Morgan fingerprint density at radius 2 is 2.29 bits per heavy atom. The predicted molar refractivity (Wildman–Crippen MR) is 64.3 cm³/mol. The smallest absolute Gasteiger partial charge is 0.151 e. The maximum Gasteiger partial charge on any atom is 0.151 e. The molecule has 0 aliphatic carbocycles. The number of anilines is 1. The number of nitrogens with zero attached hydrogens (tertiary/aromatic N) is 2. The van der Waals surface area contributed by atoms with Gasteiger partial charge in [-0.05, 0) is 12.8 Å². The molecule has 0 saturated carbocycles. The summed E-state index contributed by atoms with van der Waals surface area (Å²) in [5.74, 6) is 0.470. The summed E-state index contributed by atoms with van der Waals surface area (Å²) in [6, 6.07) is 0.416. The zero-order valence-corrected chi connectivity index (χ0v) is 9.35. The largest absolute Gasteiger partial charge is 0.395 e. The number of nitrogens with two attached hydrogens (primary N) is 1. The molecular weight excluding hydrogens is 218 g/mol. The molecule has 2 unspecified atom stereocenters. The minimum atomic E-state index is 0.177. The van der Waals surface area contributed by atoms with Crippen LogP contribution in [0, 0.1) is 0 Å². The molecule has 1 aliphatic heterocycles. The summed E-state index contributed by atoms with van der Waals surface area (Å²) >= 11 is 0. The van der Waals surface area contributed by atoms with E-state index in [0.29, 0.717) is 5.82 Å². The van der Waals surface area contributed by atoms with Crippen LogP contribution in [-0.2, 0) is 0 Å². The molecule has 90 valence electrons. The zero-order valence-electron chi connectivity index (χ0n) is 9.35. The molecule has 0 aromatic carbocycles. The van der Waals surface area contributed by atoms with E-state index in [1.54, 1.807) is 0 Å². The molecule has 3 heterocycles. The number of aliphatic hydroxyl groups is 1. The zero-order chi connectivity index (χ0) is 11.8. The van der Waals surface area contributed by atoms with Crippen molar-refractivity contribution in [3.05, 3.63) is 18.1 Å². The van der Waals surface area contributed by atoms with Gasteiger partial charge in [0.15, 0.2) is 5.82 Å². The second kappa shape index (κ2) is 3.97. The first kappa shape index (κ1) is 10.5. The van der Waals surface area contributed by atoms with E-state index < -0.39 is 0 Å². The molecule has 5 N–H and O–H groups in total. The number of nitrogen functional groups attached to an aromatic ring is 1. The second-order valence-corrected chi connectivity index (χ2v) is 4.40. The molecule has 17 heavy (non-hydrogen) atoms. The van der Waals surface area contributed by atoms with Crippen LogP contribution >= 0.6 is 0 Å². The van der Waals surface area contributed by atoms with Gasteiger partial charge in [0, 0.05) is 23.8 Å². The molecule has 0 amide bonds. The highest BCUT2D eigenvalue weighted by Crippen LogP contribution is 2.31. The summed E-state index contributed by atoms with van der Waals surface area (Å²) in [6.07, 6.45) is 5.39. The average molecular weight is 233 g/mol. The summed E-state index contributed by atoms with van der Waals surface area (Å²) in [7, 11) is 0. The van der Waals surface area contributed by atoms with Gasteiger partial charge in [-0.2, -0.15) is 0 Å². The third-order valence-electron chi connectivity index (χ3n) is 3.36. The molecule has 6 heteroatoms. The SMILES string of the molecule is Nc1ncnc2c(C3CCC(CO)N3)c[nH]c12. The average Bonchev–Trinajstić information content (AvgIpc) is 2.94. The van der Waals surface area contributed by atoms with Gasteiger partial charge in [0.1, 0.15) is 11.8 Å². The monoisotopic (exact) mass is 233 g/mol. The number of rotatable bonds is 2. The lowest BCUT2D eigenvalue weighted by Crippen LogP contribution is -2.27. The maximum absolute atomic E-state index is 9.12. The summed E-state index contributed by atoms with van der Waals surface area (Å²) in [5.41, 5.74) is 8.54. The van der Waals surface area contributed by atoms with Crippen molar-refractivity contribution in [2.24, 2.45) is 0 Å². The van der Waals surface area contributed by atoms with E-state index in [-0.39, 0.29) is 18.7 Å². The molecule has 0 bridgehead atoms. The number of H-pyrrole nitrogens is 1. The Morgan fingerprint density at radius 3 is 3.06 bits per heavy atom. The fraction of sp³-hybridized carbons (Fsp3) is 0.455. The topological polar surface area (TPSA) is 99.8 Å². The molecule has 0 radical (unpaired) electrons. The van der Waals surface area contributed by atoms with Crippen molar-refractivity contribution in [3.8, 4) is 0 Å². The lowest BCUT2D eigenvalue weighted by molar-refractivity contribution is 0.252. The Kier molecular flexibility index (Phi) is 2.45. The number of aromatic nitrogens is 3. The van der Waals surface area contributed by atoms with Crippen molar-refractivity contribution in [2.75, 3.05) is 12.3 Å². The van der Waals surface area contributed by atoms with Crippen LogP contribution in [0.3, 0.4) is 0 Å². The van der Waals surface area contributed by atoms with Crippen molar-refractivity contribution in [1.29, 1.82) is 0 Å². The van der Waals surface area contributed by atoms with Gasteiger partial charge < -0.3 is 21.1 Å². The highest BCUT2D eigenvalue weighted by molar-refractivity contribution is 5.87. The normalized spacial score (nSPS) is 24.5. The molecule has 2 aromatic heterocycles. The van der Waals surface area contributed by atoms with E-state index in [4.69, 9.17) is 10.8 Å². The van der Waals surface area contributed by atoms with E-state index in [1.165, 1.54) is 6.33 Å². The summed E-state index contributed by atoms with van der Waals surface area (Å²) < 4.78 is 0. The first-order chi connectivity index (χ1) is 8.29. The Bertz CT molecular complexity index is 538. The van der Waals surface area contributed by atoms with E-state index >= 15 is 0 Å². The summed E-state index contributed by atoms with van der Waals surface area (Å²) in [4.78, 5) is 11.3. The number of hydrogen-bond donors (Lipinski definition) is 4. The van der Waals surface area contributed by atoms with Crippen molar-refractivity contribution >= 4 is 16.9 Å². The molecule has 1 aliphatic rings.